The average molecular weight is 226 g/mol. The highest BCUT2D eigenvalue weighted by Gasteiger charge is 2.21. The van der Waals surface area contributed by atoms with Gasteiger partial charge in [0, 0.05) is 24.7 Å². The number of nitrogens with zero attached hydrogens (tertiary/aromatic N) is 1. The van der Waals surface area contributed by atoms with Crippen molar-refractivity contribution >= 4 is 5.97 Å². The predicted molar refractivity (Wildman–Crippen MR) is 64.5 cm³/mol. The van der Waals surface area contributed by atoms with Crippen molar-refractivity contribution in [2.75, 3.05) is 20.1 Å². The van der Waals surface area contributed by atoms with Gasteiger partial charge < -0.3 is 15.3 Å². The SMILES string of the molecule is CC(=CC(=O)O)CNC1CCN(C)C(C)C1. The minimum Gasteiger partial charge on any atom is -0.478 e. The molecular weight excluding hydrogens is 204 g/mol. The van der Waals surface area contributed by atoms with E-state index in [0.717, 1.165) is 25.0 Å². The Kier molecular flexibility index (Phi) is 4.96. The van der Waals surface area contributed by atoms with Crippen molar-refractivity contribution in [3.05, 3.63) is 11.6 Å². The summed E-state index contributed by atoms with van der Waals surface area (Å²) in [6.07, 6.45) is 3.55. The number of aliphatic carboxylic acids is 1. The number of nitrogens with one attached hydrogen (secondary N) is 1. The molecular formula is C12H22N2O2. The van der Waals surface area contributed by atoms with Crippen molar-refractivity contribution in [1.29, 1.82) is 0 Å². The number of hydrogen-bond donors (Lipinski definition) is 2. The molecule has 0 aliphatic carbocycles. The quantitative estimate of drug-likeness (QED) is 0.705. The van der Waals surface area contributed by atoms with Gasteiger partial charge in [-0.25, -0.2) is 4.79 Å². The molecule has 1 rings (SSSR count). The van der Waals surface area contributed by atoms with E-state index in [1.807, 2.05) is 6.92 Å². The highest BCUT2D eigenvalue weighted by molar-refractivity contribution is 5.80. The van der Waals surface area contributed by atoms with Crippen molar-refractivity contribution in [2.24, 2.45) is 0 Å². The maximum Gasteiger partial charge on any atom is 0.328 e. The third-order valence-corrected chi connectivity index (χ3v) is 3.25. The molecule has 2 unspecified atom stereocenters. The van der Waals surface area contributed by atoms with E-state index in [1.54, 1.807) is 0 Å². The first-order valence-electron chi connectivity index (χ1n) is 5.82. The lowest BCUT2D eigenvalue weighted by molar-refractivity contribution is -0.131. The lowest BCUT2D eigenvalue weighted by Crippen LogP contribution is -2.45. The minimum atomic E-state index is -0.865. The fourth-order valence-electron chi connectivity index (χ4n) is 2.04. The highest BCUT2D eigenvalue weighted by Crippen LogP contribution is 2.15. The minimum absolute atomic E-state index is 0.517. The zero-order valence-corrected chi connectivity index (χ0v) is 10.4. The smallest absolute Gasteiger partial charge is 0.328 e. The molecule has 0 spiro atoms. The average Bonchev–Trinajstić information content (AvgIpc) is 2.19. The number of carboxylic acids is 1. The van der Waals surface area contributed by atoms with E-state index < -0.39 is 5.97 Å². The molecule has 0 bridgehead atoms. The Labute approximate surface area is 97.3 Å². The largest absolute Gasteiger partial charge is 0.478 e. The van der Waals surface area contributed by atoms with Crippen LogP contribution in [0.15, 0.2) is 11.6 Å². The van der Waals surface area contributed by atoms with Gasteiger partial charge in [0.2, 0.25) is 0 Å². The predicted octanol–water partition coefficient (Wildman–Crippen LogP) is 1.09. The van der Waals surface area contributed by atoms with Gasteiger partial charge in [-0.15, -0.1) is 0 Å². The molecule has 1 fully saturated rings. The topological polar surface area (TPSA) is 52.6 Å². The van der Waals surface area contributed by atoms with Crippen molar-refractivity contribution in [3.8, 4) is 0 Å². The second kappa shape index (κ2) is 6.01. The van der Waals surface area contributed by atoms with Crippen LogP contribution in [-0.2, 0) is 4.79 Å². The molecule has 1 aliphatic rings. The lowest BCUT2D eigenvalue weighted by Gasteiger charge is -2.35. The standard InChI is InChI=1S/C12H22N2O2/c1-9(6-12(15)16)8-13-11-4-5-14(3)10(2)7-11/h6,10-11,13H,4-5,7-8H2,1-3H3,(H,15,16). The molecule has 0 aromatic rings. The summed E-state index contributed by atoms with van der Waals surface area (Å²) >= 11 is 0. The summed E-state index contributed by atoms with van der Waals surface area (Å²) in [4.78, 5) is 12.8. The number of hydrogen-bond acceptors (Lipinski definition) is 3. The van der Waals surface area contributed by atoms with Gasteiger partial charge >= 0.3 is 5.97 Å². The third-order valence-electron chi connectivity index (χ3n) is 3.25. The molecule has 16 heavy (non-hydrogen) atoms. The Morgan fingerprint density at radius 3 is 2.88 bits per heavy atom. The van der Waals surface area contributed by atoms with Crippen molar-refractivity contribution < 1.29 is 9.90 Å². The van der Waals surface area contributed by atoms with Crippen LogP contribution in [0.1, 0.15) is 26.7 Å². The molecule has 2 atom stereocenters. The Morgan fingerprint density at radius 2 is 2.31 bits per heavy atom. The number of piperidine rings is 1. The molecule has 0 amide bonds. The van der Waals surface area contributed by atoms with E-state index in [4.69, 9.17) is 5.11 Å². The summed E-state index contributed by atoms with van der Waals surface area (Å²) in [7, 11) is 2.15. The van der Waals surface area contributed by atoms with Crippen LogP contribution in [-0.4, -0.2) is 48.2 Å². The van der Waals surface area contributed by atoms with E-state index in [-0.39, 0.29) is 0 Å². The fraction of sp³-hybridized carbons (Fsp3) is 0.750. The zero-order valence-electron chi connectivity index (χ0n) is 10.4. The van der Waals surface area contributed by atoms with Gasteiger partial charge in [-0.3, -0.25) is 0 Å². The first kappa shape index (κ1) is 13.2. The van der Waals surface area contributed by atoms with E-state index in [2.05, 4.69) is 24.2 Å². The van der Waals surface area contributed by atoms with Crippen molar-refractivity contribution in [3.63, 3.8) is 0 Å². The van der Waals surface area contributed by atoms with Gasteiger partial charge in [-0.05, 0) is 40.3 Å². The molecule has 0 aromatic heterocycles. The molecule has 4 heteroatoms. The Bertz CT molecular complexity index is 276. The highest BCUT2D eigenvalue weighted by atomic mass is 16.4. The summed E-state index contributed by atoms with van der Waals surface area (Å²) in [6.45, 7) is 5.86. The number of carbonyl (C=O) groups is 1. The maximum absolute atomic E-state index is 10.4. The third kappa shape index (κ3) is 4.33. The Morgan fingerprint density at radius 1 is 1.62 bits per heavy atom. The lowest BCUT2D eigenvalue weighted by atomic mass is 9.99. The van der Waals surface area contributed by atoms with Crippen LogP contribution >= 0.6 is 0 Å². The fourth-order valence-corrected chi connectivity index (χ4v) is 2.04. The van der Waals surface area contributed by atoms with Crippen LogP contribution < -0.4 is 5.32 Å². The van der Waals surface area contributed by atoms with Gasteiger partial charge in [0.05, 0.1) is 0 Å². The van der Waals surface area contributed by atoms with Crippen LogP contribution in [0.25, 0.3) is 0 Å². The molecule has 1 heterocycles. The van der Waals surface area contributed by atoms with Gasteiger partial charge in [0.15, 0.2) is 0 Å². The second-order valence-corrected chi connectivity index (χ2v) is 4.76. The van der Waals surface area contributed by atoms with Crippen LogP contribution in [0, 0.1) is 0 Å². The van der Waals surface area contributed by atoms with E-state index >= 15 is 0 Å². The van der Waals surface area contributed by atoms with E-state index in [0.29, 0.717) is 18.6 Å². The summed E-state index contributed by atoms with van der Waals surface area (Å²) in [6, 6.07) is 1.12. The number of rotatable bonds is 4. The molecule has 0 radical (unpaired) electrons. The van der Waals surface area contributed by atoms with Gasteiger partial charge in [0.1, 0.15) is 0 Å². The Hall–Kier alpha value is -0.870. The number of likely N-dealkylation sites (tertiary alicyclic amines) is 1. The molecule has 2 N–H and O–H groups in total. The normalized spacial score (nSPS) is 28.1. The second-order valence-electron chi connectivity index (χ2n) is 4.76. The number of carboxylic acid groups (broad SMARTS) is 1. The molecule has 0 aromatic carbocycles. The maximum atomic E-state index is 10.4. The van der Waals surface area contributed by atoms with Gasteiger partial charge in [-0.2, -0.15) is 0 Å². The first-order valence-corrected chi connectivity index (χ1v) is 5.82. The van der Waals surface area contributed by atoms with Crippen LogP contribution in [0.5, 0.6) is 0 Å². The van der Waals surface area contributed by atoms with Crippen LogP contribution in [0.4, 0.5) is 0 Å². The molecule has 4 nitrogen and oxygen atoms in total. The zero-order chi connectivity index (χ0) is 12.1. The van der Waals surface area contributed by atoms with Gasteiger partial charge in [0.25, 0.3) is 0 Å². The molecule has 92 valence electrons. The summed E-state index contributed by atoms with van der Waals surface area (Å²) in [5, 5.41) is 12.0. The van der Waals surface area contributed by atoms with E-state index in [9.17, 15) is 4.79 Å². The first-order chi connectivity index (χ1) is 7.49. The monoisotopic (exact) mass is 226 g/mol. The van der Waals surface area contributed by atoms with Crippen LogP contribution in [0.2, 0.25) is 0 Å². The van der Waals surface area contributed by atoms with Gasteiger partial charge in [-0.1, -0.05) is 5.57 Å². The van der Waals surface area contributed by atoms with Crippen molar-refractivity contribution in [2.45, 2.75) is 38.8 Å². The molecule has 1 saturated heterocycles. The summed E-state index contributed by atoms with van der Waals surface area (Å²) < 4.78 is 0. The Balaban J connectivity index is 2.31. The van der Waals surface area contributed by atoms with Crippen molar-refractivity contribution in [1.82, 2.24) is 10.2 Å². The summed E-state index contributed by atoms with van der Waals surface area (Å²) in [5.74, 6) is -0.865. The summed E-state index contributed by atoms with van der Waals surface area (Å²) in [5.41, 5.74) is 0.874. The van der Waals surface area contributed by atoms with E-state index in [1.165, 1.54) is 6.08 Å². The molecule has 0 saturated carbocycles. The van der Waals surface area contributed by atoms with Crippen LogP contribution in [0.3, 0.4) is 0 Å². The molecule has 1 aliphatic heterocycles.